The average molecular weight is 327 g/mol. The molecule has 2 aromatic rings. The van der Waals surface area contributed by atoms with Gasteiger partial charge in [-0.1, -0.05) is 12.1 Å². The summed E-state index contributed by atoms with van der Waals surface area (Å²) in [4.78, 5) is 0.535. The minimum Gasteiger partial charge on any atom is -0.206 e. The Morgan fingerprint density at radius 1 is 1.00 bits per heavy atom. The normalized spacial score (nSPS) is 12.6. The summed E-state index contributed by atoms with van der Waals surface area (Å²) in [5.41, 5.74) is -0.248. The summed E-state index contributed by atoms with van der Waals surface area (Å²) >= 11 is 0.905. The third-order valence-corrected chi connectivity index (χ3v) is 5.55. The summed E-state index contributed by atoms with van der Waals surface area (Å²) in [6.07, 6.45) is -4.39. The van der Waals surface area contributed by atoms with Crippen molar-refractivity contribution < 1.29 is 21.6 Å². The number of halogens is 4. The molecule has 0 radical (unpaired) electrons. The Labute approximate surface area is 115 Å². The fraction of sp³-hybridized carbons (Fsp3) is 0.0909. The van der Waals surface area contributed by atoms with E-state index in [1.165, 1.54) is 24.3 Å². The van der Waals surface area contributed by atoms with Gasteiger partial charge >= 0.3 is 6.18 Å². The van der Waals surface area contributed by atoms with Gasteiger partial charge in [-0.3, -0.25) is 0 Å². The Morgan fingerprint density at radius 3 is 2.00 bits per heavy atom. The van der Waals surface area contributed by atoms with Gasteiger partial charge in [-0.2, -0.15) is 13.2 Å². The summed E-state index contributed by atoms with van der Waals surface area (Å²) < 4.78 is 59.3. The Kier molecular flexibility index (Phi) is 3.63. The standard InChI is InChI=1S/C11H6ClF3O2S2/c12-19(16,17)10-6-5-9(18-10)7-1-3-8(4-2-7)11(13,14)15/h1-6H. The van der Waals surface area contributed by atoms with E-state index in [4.69, 9.17) is 10.7 Å². The van der Waals surface area contributed by atoms with Crippen molar-refractivity contribution in [2.75, 3.05) is 0 Å². The van der Waals surface area contributed by atoms with Gasteiger partial charge < -0.3 is 0 Å². The molecule has 2 rings (SSSR count). The van der Waals surface area contributed by atoms with Gasteiger partial charge in [0.25, 0.3) is 9.05 Å². The Balaban J connectivity index is 2.36. The van der Waals surface area contributed by atoms with E-state index in [1.54, 1.807) is 0 Å². The summed E-state index contributed by atoms with van der Waals surface area (Å²) in [7, 11) is 1.37. The fourth-order valence-corrected chi connectivity index (χ4v) is 3.51. The first-order chi connectivity index (χ1) is 8.68. The van der Waals surface area contributed by atoms with Crippen molar-refractivity contribution >= 4 is 31.1 Å². The van der Waals surface area contributed by atoms with Gasteiger partial charge in [0.15, 0.2) is 0 Å². The highest BCUT2D eigenvalue weighted by molar-refractivity contribution is 8.15. The monoisotopic (exact) mass is 326 g/mol. The van der Waals surface area contributed by atoms with Crippen molar-refractivity contribution in [2.45, 2.75) is 10.4 Å². The molecular weight excluding hydrogens is 321 g/mol. The van der Waals surface area contributed by atoms with E-state index in [-0.39, 0.29) is 4.21 Å². The van der Waals surface area contributed by atoms with Crippen LogP contribution >= 0.6 is 22.0 Å². The van der Waals surface area contributed by atoms with Crippen LogP contribution in [0.15, 0.2) is 40.6 Å². The third kappa shape index (κ3) is 3.29. The van der Waals surface area contributed by atoms with Crippen LogP contribution in [0.5, 0.6) is 0 Å². The highest BCUT2D eigenvalue weighted by Gasteiger charge is 2.30. The van der Waals surface area contributed by atoms with Crippen LogP contribution in [-0.4, -0.2) is 8.42 Å². The van der Waals surface area contributed by atoms with Crippen molar-refractivity contribution in [1.29, 1.82) is 0 Å². The first kappa shape index (κ1) is 14.4. The molecule has 2 nitrogen and oxygen atoms in total. The van der Waals surface area contributed by atoms with Crippen LogP contribution < -0.4 is 0 Å². The Hall–Kier alpha value is -1.05. The lowest BCUT2D eigenvalue weighted by Gasteiger charge is -2.06. The molecule has 8 heteroatoms. The second-order valence-corrected chi connectivity index (χ2v) is 7.51. The van der Waals surface area contributed by atoms with E-state index < -0.39 is 20.8 Å². The highest BCUT2D eigenvalue weighted by atomic mass is 35.7. The number of hydrogen-bond acceptors (Lipinski definition) is 3. The van der Waals surface area contributed by atoms with E-state index in [0.29, 0.717) is 10.4 Å². The lowest BCUT2D eigenvalue weighted by Crippen LogP contribution is -2.03. The number of rotatable bonds is 2. The molecule has 1 aromatic heterocycles. The quantitative estimate of drug-likeness (QED) is 0.768. The van der Waals surface area contributed by atoms with Crippen LogP contribution in [0.1, 0.15) is 5.56 Å². The smallest absolute Gasteiger partial charge is 0.206 e. The first-order valence-corrected chi connectivity index (χ1v) is 8.02. The summed E-state index contributed by atoms with van der Waals surface area (Å²) in [5.74, 6) is 0. The summed E-state index contributed by atoms with van der Waals surface area (Å²) in [6, 6.07) is 7.30. The second kappa shape index (κ2) is 4.81. The van der Waals surface area contributed by atoms with Crippen LogP contribution in [0.4, 0.5) is 13.2 Å². The summed E-state index contributed by atoms with van der Waals surface area (Å²) in [6.45, 7) is 0. The Bertz CT molecular complexity index is 687. The molecule has 0 amide bonds. The number of benzene rings is 1. The minimum absolute atomic E-state index is 0.0379. The van der Waals surface area contributed by atoms with Gasteiger partial charge in [-0.15, -0.1) is 11.3 Å². The van der Waals surface area contributed by atoms with Gasteiger partial charge in [-0.25, -0.2) is 8.42 Å². The molecule has 0 saturated heterocycles. The molecule has 0 atom stereocenters. The van der Waals surface area contributed by atoms with Crippen molar-refractivity contribution in [3.63, 3.8) is 0 Å². The maximum absolute atomic E-state index is 12.4. The maximum Gasteiger partial charge on any atom is 0.416 e. The molecule has 0 unspecified atom stereocenters. The molecule has 1 heterocycles. The molecule has 0 aliphatic carbocycles. The van der Waals surface area contributed by atoms with Gasteiger partial charge in [0.1, 0.15) is 4.21 Å². The topological polar surface area (TPSA) is 34.1 Å². The predicted molar refractivity (Wildman–Crippen MR) is 67.8 cm³/mol. The lowest BCUT2D eigenvalue weighted by atomic mass is 10.1. The van der Waals surface area contributed by atoms with Crippen molar-refractivity contribution in [3.05, 3.63) is 42.0 Å². The fourth-order valence-electron chi connectivity index (χ4n) is 1.43. The van der Waals surface area contributed by atoms with E-state index in [0.717, 1.165) is 23.5 Å². The van der Waals surface area contributed by atoms with Crippen LogP contribution in [0.2, 0.25) is 0 Å². The summed E-state index contributed by atoms with van der Waals surface area (Å²) in [5, 5.41) is 0. The van der Waals surface area contributed by atoms with Crippen LogP contribution in [0.25, 0.3) is 10.4 Å². The third-order valence-electron chi connectivity index (χ3n) is 2.32. The van der Waals surface area contributed by atoms with E-state index in [9.17, 15) is 21.6 Å². The van der Waals surface area contributed by atoms with E-state index in [2.05, 4.69) is 0 Å². The maximum atomic E-state index is 12.4. The molecule has 0 bridgehead atoms. The molecule has 0 N–H and O–H groups in total. The predicted octanol–water partition coefficient (Wildman–Crippen LogP) is 4.36. The molecule has 0 aliphatic rings. The van der Waals surface area contributed by atoms with Gasteiger partial charge in [0.05, 0.1) is 5.56 Å². The van der Waals surface area contributed by atoms with Crippen LogP contribution in [0.3, 0.4) is 0 Å². The molecule has 0 fully saturated rings. The molecular formula is C11H6ClF3O2S2. The van der Waals surface area contributed by atoms with Gasteiger partial charge in [0.2, 0.25) is 0 Å². The molecule has 0 aliphatic heterocycles. The average Bonchev–Trinajstić information content (AvgIpc) is 2.77. The minimum atomic E-state index is -4.39. The number of hydrogen-bond donors (Lipinski definition) is 0. The molecule has 0 saturated carbocycles. The van der Waals surface area contributed by atoms with Crippen molar-refractivity contribution in [3.8, 4) is 10.4 Å². The highest BCUT2D eigenvalue weighted by Crippen LogP contribution is 2.34. The lowest BCUT2D eigenvalue weighted by molar-refractivity contribution is -0.137. The zero-order chi connectivity index (χ0) is 14.3. The van der Waals surface area contributed by atoms with Crippen molar-refractivity contribution in [2.24, 2.45) is 0 Å². The van der Waals surface area contributed by atoms with Crippen molar-refractivity contribution in [1.82, 2.24) is 0 Å². The molecule has 0 spiro atoms. The van der Waals surface area contributed by atoms with E-state index >= 15 is 0 Å². The first-order valence-electron chi connectivity index (χ1n) is 4.90. The number of thiophene rings is 1. The zero-order valence-electron chi connectivity index (χ0n) is 9.11. The number of alkyl halides is 3. The van der Waals surface area contributed by atoms with Gasteiger partial charge in [0, 0.05) is 15.6 Å². The SMILES string of the molecule is O=S(=O)(Cl)c1ccc(-c2ccc(C(F)(F)F)cc2)s1. The molecule has 1 aromatic carbocycles. The zero-order valence-corrected chi connectivity index (χ0v) is 11.5. The van der Waals surface area contributed by atoms with E-state index in [1.807, 2.05) is 0 Å². The van der Waals surface area contributed by atoms with Gasteiger partial charge in [-0.05, 0) is 29.8 Å². The van der Waals surface area contributed by atoms with Crippen LogP contribution in [0, 0.1) is 0 Å². The Morgan fingerprint density at radius 2 is 1.58 bits per heavy atom. The molecule has 19 heavy (non-hydrogen) atoms. The molecule has 102 valence electrons. The van der Waals surface area contributed by atoms with Crippen LogP contribution in [-0.2, 0) is 15.2 Å². The second-order valence-electron chi connectivity index (χ2n) is 3.63. The largest absolute Gasteiger partial charge is 0.416 e.